The Labute approximate surface area is 146 Å². The number of rotatable bonds is 7. The van der Waals surface area contributed by atoms with E-state index < -0.39 is 23.4 Å². The molecule has 0 aliphatic heterocycles. The number of ether oxygens (including phenoxy) is 2. The SMILES string of the molecule is C[C@@H](CN(CCCCN)C(=O)OC(C)(C)C)NC(=O)OC(C)(C)C. The van der Waals surface area contributed by atoms with E-state index in [0.29, 0.717) is 19.6 Å². The van der Waals surface area contributed by atoms with Gasteiger partial charge in [0.15, 0.2) is 0 Å². The molecule has 1 atom stereocenters. The van der Waals surface area contributed by atoms with Crippen LogP contribution >= 0.6 is 0 Å². The zero-order chi connectivity index (χ0) is 19.0. The van der Waals surface area contributed by atoms with Crippen molar-refractivity contribution in [3.63, 3.8) is 0 Å². The Morgan fingerprint density at radius 2 is 1.58 bits per heavy atom. The number of nitrogens with one attached hydrogen (secondary N) is 1. The predicted octanol–water partition coefficient (Wildman–Crippen LogP) is 2.88. The van der Waals surface area contributed by atoms with Gasteiger partial charge in [-0.25, -0.2) is 9.59 Å². The number of hydrogen-bond acceptors (Lipinski definition) is 5. The first-order chi connectivity index (χ1) is 10.8. The zero-order valence-electron chi connectivity index (χ0n) is 16.3. The number of carbonyl (C=O) groups excluding carboxylic acids is 2. The van der Waals surface area contributed by atoms with Crippen LogP contribution in [0.3, 0.4) is 0 Å². The van der Waals surface area contributed by atoms with Gasteiger partial charge in [-0.3, -0.25) is 0 Å². The van der Waals surface area contributed by atoms with Crippen LogP contribution in [0.1, 0.15) is 61.3 Å². The lowest BCUT2D eigenvalue weighted by Crippen LogP contribution is -2.47. The second kappa shape index (κ2) is 9.71. The maximum Gasteiger partial charge on any atom is 0.410 e. The van der Waals surface area contributed by atoms with Gasteiger partial charge in [0.05, 0.1) is 0 Å². The van der Waals surface area contributed by atoms with Crippen LogP contribution in [0, 0.1) is 0 Å². The van der Waals surface area contributed by atoms with Gasteiger partial charge >= 0.3 is 12.2 Å². The number of carbonyl (C=O) groups is 2. The van der Waals surface area contributed by atoms with Crippen LogP contribution < -0.4 is 11.1 Å². The first-order valence-electron chi connectivity index (χ1n) is 8.51. The van der Waals surface area contributed by atoms with E-state index in [9.17, 15) is 9.59 Å². The van der Waals surface area contributed by atoms with Crippen LogP contribution in [0.15, 0.2) is 0 Å². The third kappa shape index (κ3) is 12.0. The molecule has 0 bridgehead atoms. The van der Waals surface area contributed by atoms with Gasteiger partial charge < -0.3 is 25.4 Å². The molecule has 24 heavy (non-hydrogen) atoms. The van der Waals surface area contributed by atoms with E-state index >= 15 is 0 Å². The highest BCUT2D eigenvalue weighted by atomic mass is 16.6. The van der Waals surface area contributed by atoms with Crippen molar-refractivity contribution in [2.45, 2.75) is 78.6 Å². The second-order valence-corrected chi connectivity index (χ2v) is 7.97. The Morgan fingerprint density at radius 1 is 1.04 bits per heavy atom. The van der Waals surface area contributed by atoms with E-state index in [1.165, 1.54) is 0 Å². The minimum Gasteiger partial charge on any atom is -0.444 e. The average molecular weight is 345 g/mol. The molecule has 0 aromatic heterocycles. The molecule has 0 saturated heterocycles. The van der Waals surface area contributed by atoms with E-state index in [1.807, 2.05) is 27.7 Å². The molecule has 0 aliphatic rings. The van der Waals surface area contributed by atoms with Crippen LogP contribution in [-0.4, -0.2) is 54.0 Å². The minimum absolute atomic E-state index is 0.259. The molecule has 0 aliphatic carbocycles. The normalized spacial score (nSPS) is 13.2. The standard InChI is InChI=1S/C17H35N3O4/c1-13(19-14(21)23-16(2,3)4)12-20(11-9-8-10-18)15(22)24-17(5,6)7/h13H,8-12,18H2,1-7H3,(H,19,21)/t13-/m0/s1. The Morgan fingerprint density at radius 3 is 2.04 bits per heavy atom. The van der Waals surface area contributed by atoms with E-state index in [-0.39, 0.29) is 6.04 Å². The summed E-state index contributed by atoms with van der Waals surface area (Å²) in [7, 11) is 0. The summed E-state index contributed by atoms with van der Waals surface area (Å²) in [5.74, 6) is 0. The molecule has 0 aromatic carbocycles. The summed E-state index contributed by atoms with van der Waals surface area (Å²) in [4.78, 5) is 25.8. The first-order valence-corrected chi connectivity index (χ1v) is 8.51. The van der Waals surface area contributed by atoms with Crippen LogP contribution in [0.25, 0.3) is 0 Å². The number of nitrogens with two attached hydrogens (primary N) is 1. The molecule has 0 radical (unpaired) electrons. The van der Waals surface area contributed by atoms with Crippen molar-refractivity contribution in [3.05, 3.63) is 0 Å². The predicted molar refractivity (Wildman–Crippen MR) is 94.9 cm³/mol. The highest BCUT2D eigenvalue weighted by molar-refractivity contribution is 5.69. The van der Waals surface area contributed by atoms with E-state index in [1.54, 1.807) is 25.7 Å². The fraction of sp³-hybridized carbons (Fsp3) is 0.882. The van der Waals surface area contributed by atoms with Crippen molar-refractivity contribution in [2.24, 2.45) is 5.73 Å². The molecular weight excluding hydrogens is 310 g/mol. The van der Waals surface area contributed by atoms with Crippen LogP contribution in [0.5, 0.6) is 0 Å². The molecule has 0 heterocycles. The van der Waals surface area contributed by atoms with Gasteiger partial charge in [0.1, 0.15) is 11.2 Å². The van der Waals surface area contributed by atoms with Crippen molar-refractivity contribution < 1.29 is 19.1 Å². The van der Waals surface area contributed by atoms with Gasteiger partial charge in [-0.15, -0.1) is 0 Å². The molecule has 142 valence electrons. The zero-order valence-corrected chi connectivity index (χ0v) is 16.3. The lowest BCUT2D eigenvalue weighted by Gasteiger charge is -2.30. The second-order valence-electron chi connectivity index (χ2n) is 7.97. The molecule has 0 rings (SSSR count). The smallest absolute Gasteiger partial charge is 0.410 e. The van der Waals surface area contributed by atoms with Gasteiger partial charge in [0, 0.05) is 19.1 Å². The Bertz CT molecular complexity index is 400. The molecule has 0 unspecified atom stereocenters. The molecular formula is C17H35N3O4. The summed E-state index contributed by atoms with van der Waals surface area (Å²) in [6.07, 6.45) is 0.723. The Hall–Kier alpha value is -1.50. The summed E-state index contributed by atoms with van der Waals surface area (Å²) in [6, 6.07) is -0.259. The molecule has 0 spiro atoms. The molecule has 0 aromatic rings. The van der Waals surface area contributed by atoms with Crippen LogP contribution in [0.4, 0.5) is 9.59 Å². The fourth-order valence-corrected chi connectivity index (χ4v) is 1.92. The number of unbranched alkanes of at least 4 members (excludes halogenated alkanes) is 1. The van der Waals surface area contributed by atoms with Crippen LogP contribution in [-0.2, 0) is 9.47 Å². The third-order valence-electron chi connectivity index (χ3n) is 2.79. The third-order valence-corrected chi connectivity index (χ3v) is 2.79. The van der Waals surface area contributed by atoms with Gasteiger partial charge in [0.25, 0.3) is 0 Å². The minimum atomic E-state index is -0.564. The summed E-state index contributed by atoms with van der Waals surface area (Å²) in [5, 5.41) is 2.74. The molecule has 3 N–H and O–H groups in total. The maximum atomic E-state index is 12.3. The Balaban J connectivity index is 4.67. The van der Waals surface area contributed by atoms with E-state index in [4.69, 9.17) is 15.2 Å². The summed E-state index contributed by atoms with van der Waals surface area (Å²) >= 11 is 0. The van der Waals surface area contributed by atoms with Crippen molar-refractivity contribution >= 4 is 12.2 Å². The average Bonchev–Trinajstić information content (AvgIpc) is 2.32. The maximum absolute atomic E-state index is 12.3. The molecule has 7 nitrogen and oxygen atoms in total. The monoisotopic (exact) mass is 345 g/mol. The number of nitrogens with zero attached hydrogens (tertiary/aromatic N) is 1. The summed E-state index contributed by atoms with van der Waals surface area (Å²) in [6.45, 7) is 14.2. The van der Waals surface area contributed by atoms with Gasteiger partial charge in [-0.1, -0.05) is 0 Å². The highest BCUT2D eigenvalue weighted by Gasteiger charge is 2.24. The highest BCUT2D eigenvalue weighted by Crippen LogP contribution is 2.11. The fourth-order valence-electron chi connectivity index (χ4n) is 1.92. The van der Waals surface area contributed by atoms with Crippen molar-refractivity contribution in [1.82, 2.24) is 10.2 Å². The topological polar surface area (TPSA) is 93.9 Å². The van der Waals surface area contributed by atoms with E-state index in [2.05, 4.69) is 5.32 Å². The molecule has 7 heteroatoms. The first kappa shape index (κ1) is 22.5. The number of alkyl carbamates (subject to hydrolysis) is 1. The summed E-state index contributed by atoms with van der Waals surface area (Å²) in [5.41, 5.74) is 4.39. The molecule has 2 amide bonds. The van der Waals surface area contributed by atoms with Crippen molar-refractivity contribution in [2.75, 3.05) is 19.6 Å². The molecule has 0 fully saturated rings. The van der Waals surface area contributed by atoms with Crippen molar-refractivity contribution in [3.8, 4) is 0 Å². The van der Waals surface area contributed by atoms with Gasteiger partial charge in [-0.2, -0.15) is 0 Å². The molecule has 0 saturated carbocycles. The summed E-state index contributed by atoms with van der Waals surface area (Å²) < 4.78 is 10.7. The largest absolute Gasteiger partial charge is 0.444 e. The number of amides is 2. The van der Waals surface area contributed by atoms with Gasteiger partial charge in [0.2, 0.25) is 0 Å². The van der Waals surface area contributed by atoms with Crippen molar-refractivity contribution in [1.29, 1.82) is 0 Å². The lowest BCUT2D eigenvalue weighted by molar-refractivity contribution is 0.0214. The lowest BCUT2D eigenvalue weighted by atomic mass is 10.2. The quantitative estimate of drug-likeness (QED) is 0.692. The number of hydrogen-bond donors (Lipinski definition) is 2. The van der Waals surface area contributed by atoms with Gasteiger partial charge in [-0.05, 0) is 67.9 Å². The Kier molecular flexibility index (Phi) is 9.11. The van der Waals surface area contributed by atoms with E-state index in [0.717, 1.165) is 12.8 Å². The van der Waals surface area contributed by atoms with Crippen LogP contribution in [0.2, 0.25) is 0 Å².